The van der Waals surface area contributed by atoms with Crippen LogP contribution in [0.15, 0.2) is 24.3 Å². The summed E-state index contributed by atoms with van der Waals surface area (Å²) in [6, 6.07) is -0.704. The van der Waals surface area contributed by atoms with E-state index in [1.165, 1.54) is 148 Å². The summed E-state index contributed by atoms with van der Waals surface area (Å²) in [5.74, 6) is -0.503. The van der Waals surface area contributed by atoms with Crippen LogP contribution < -0.4 is 5.32 Å². The number of aliphatic hydroxyl groups is 2. The predicted molar refractivity (Wildman–Crippen MR) is 246 cm³/mol. The molecule has 0 aromatic heterocycles. The molecule has 0 aliphatic heterocycles. The van der Waals surface area contributed by atoms with Gasteiger partial charge in [-0.25, -0.2) is 0 Å². The summed E-state index contributed by atoms with van der Waals surface area (Å²) in [5.41, 5.74) is 0. The highest BCUT2D eigenvalue weighted by Crippen LogP contribution is 2.17. The van der Waals surface area contributed by atoms with Crippen molar-refractivity contribution in [1.29, 1.82) is 0 Å². The number of ether oxygens (including phenoxy) is 1. The van der Waals surface area contributed by atoms with E-state index in [2.05, 4.69) is 50.4 Å². The maximum absolute atomic E-state index is 13.1. The largest absolute Gasteiger partial charge is 0.462 e. The summed E-state index contributed by atoms with van der Waals surface area (Å²) in [6.45, 7) is 6.43. The second-order valence-electron chi connectivity index (χ2n) is 17.2. The molecule has 6 nitrogen and oxygen atoms in total. The summed E-state index contributed by atoms with van der Waals surface area (Å²) in [7, 11) is 0. The Morgan fingerprint density at radius 3 is 1.32 bits per heavy atom. The van der Waals surface area contributed by atoms with Crippen LogP contribution in [-0.4, -0.2) is 46.9 Å². The quantitative estimate of drug-likeness (QED) is 0.0324. The van der Waals surface area contributed by atoms with Crippen LogP contribution in [0.3, 0.4) is 0 Å². The molecular weight excluding hydrogens is 707 g/mol. The van der Waals surface area contributed by atoms with Crippen molar-refractivity contribution in [2.75, 3.05) is 6.61 Å². The number of hydrogen-bond acceptors (Lipinski definition) is 5. The van der Waals surface area contributed by atoms with E-state index in [0.717, 1.165) is 70.6 Å². The molecular formula is C51H97NO5. The Hall–Kier alpha value is -1.66. The molecule has 0 heterocycles. The topological polar surface area (TPSA) is 95.9 Å². The second-order valence-corrected chi connectivity index (χ2v) is 17.2. The van der Waals surface area contributed by atoms with Crippen LogP contribution in [-0.2, 0) is 14.3 Å². The Morgan fingerprint density at radius 1 is 0.491 bits per heavy atom. The third-order valence-corrected chi connectivity index (χ3v) is 11.5. The minimum Gasteiger partial charge on any atom is -0.462 e. The first-order chi connectivity index (χ1) is 28.0. The molecule has 0 spiro atoms. The van der Waals surface area contributed by atoms with E-state index >= 15 is 0 Å². The van der Waals surface area contributed by atoms with Gasteiger partial charge in [0.15, 0.2) is 0 Å². The van der Waals surface area contributed by atoms with Gasteiger partial charge in [0.25, 0.3) is 0 Å². The first kappa shape index (κ1) is 55.3. The SMILES string of the molecule is CCCC/C=C\CCCCCC(CC(=O)NC(CO)C(O)CCCCCCCCCCCCCCCCCC)OC(=O)CCCCC/C=C\CCCCCCCC. The molecule has 0 radical (unpaired) electrons. The molecule has 0 saturated carbocycles. The number of amides is 1. The number of nitrogens with one attached hydrogen (secondary N) is 1. The second kappa shape index (κ2) is 45.4. The van der Waals surface area contributed by atoms with Crippen molar-refractivity contribution < 1.29 is 24.5 Å². The highest BCUT2D eigenvalue weighted by atomic mass is 16.5. The third kappa shape index (κ3) is 40.9. The summed E-state index contributed by atoms with van der Waals surface area (Å²) in [5, 5.41) is 23.7. The van der Waals surface area contributed by atoms with Crippen molar-refractivity contribution in [1.82, 2.24) is 5.32 Å². The maximum Gasteiger partial charge on any atom is 0.306 e. The Labute approximate surface area is 354 Å². The number of hydrogen-bond donors (Lipinski definition) is 3. The monoisotopic (exact) mass is 804 g/mol. The van der Waals surface area contributed by atoms with Gasteiger partial charge < -0.3 is 20.3 Å². The molecule has 336 valence electrons. The van der Waals surface area contributed by atoms with Crippen molar-refractivity contribution in [3.05, 3.63) is 24.3 Å². The summed E-state index contributed by atoms with van der Waals surface area (Å²) < 4.78 is 5.89. The molecule has 0 aliphatic carbocycles. The van der Waals surface area contributed by atoms with E-state index in [1.807, 2.05) is 0 Å². The standard InChI is InChI=1S/C51H97NO5/c1-4-7-10-13-16-19-21-23-24-25-27-28-31-34-37-40-43-49(54)48(46-53)52-50(55)45-47(42-39-36-33-30-18-15-12-9-6-3)57-51(56)44-41-38-35-32-29-26-22-20-17-14-11-8-5-2/h15,18,26,29,47-49,53-54H,4-14,16-17,19-25,27-28,30-46H2,1-3H3,(H,52,55)/b18-15-,29-26-. The zero-order valence-electron chi connectivity index (χ0n) is 38.2. The normalized spacial score (nSPS) is 13.4. The van der Waals surface area contributed by atoms with Crippen LogP contribution in [0, 0.1) is 0 Å². The third-order valence-electron chi connectivity index (χ3n) is 11.5. The Morgan fingerprint density at radius 2 is 0.860 bits per heavy atom. The van der Waals surface area contributed by atoms with Gasteiger partial charge in [0, 0.05) is 6.42 Å². The average molecular weight is 804 g/mol. The lowest BCUT2D eigenvalue weighted by molar-refractivity contribution is -0.151. The smallest absolute Gasteiger partial charge is 0.306 e. The van der Waals surface area contributed by atoms with Crippen molar-refractivity contribution in [3.63, 3.8) is 0 Å². The first-order valence-electron chi connectivity index (χ1n) is 25.1. The summed E-state index contributed by atoms with van der Waals surface area (Å²) >= 11 is 0. The Balaban J connectivity index is 4.45. The van der Waals surface area contributed by atoms with Gasteiger partial charge in [-0.3, -0.25) is 9.59 Å². The minimum absolute atomic E-state index is 0.0638. The van der Waals surface area contributed by atoms with Crippen LogP contribution in [0.5, 0.6) is 0 Å². The molecule has 0 aromatic rings. The van der Waals surface area contributed by atoms with Gasteiger partial charge in [0.1, 0.15) is 6.10 Å². The first-order valence-corrected chi connectivity index (χ1v) is 25.1. The zero-order valence-corrected chi connectivity index (χ0v) is 38.2. The van der Waals surface area contributed by atoms with Gasteiger partial charge in [0.05, 0.1) is 25.2 Å². The summed E-state index contributed by atoms with van der Waals surface area (Å²) in [6.07, 6.45) is 51.0. The van der Waals surface area contributed by atoms with E-state index in [4.69, 9.17) is 4.74 Å². The van der Waals surface area contributed by atoms with E-state index in [0.29, 0.717) is 19.3 Å². The van der Waals surface area contributed by atoms with E-state index in [1.54, 1.807) is 0 Å². The molecule has 3 unspecified atom stereocenters. The average Bonchev–Trinajstić information content (AvgIpc) is 3.20. The fourth-order valence-electron chi connectivity index (χ4n) is 7.64. The number of unbranched alkanes of at least 4 members (excludes halogenated alkanes) is 29. The van der Waals surface area contributed by atoms with E-state index in [9.17, 15) is 19.8 Å². The van der Waals surface area contributed by atoms with E-state index < -0.39 is 18.2 Å². The summed E-state index contributed by atoms with van der Waals surface area (Å²) in [4.78, 5) is 26.0. The lowest BCUT2D eigenvalue weighted by atomic mass is 10.0. The van der Waals surface area contributed by atoms with Gasteiger partial charge in [0.2, 0.25) is 5.91 Å². The van der Waals surface area contributed by atoms with Crippen LogP contribution in [0.25, 0.3) is 0 Å². The molecule has 0 aromatic carbocycles. The fourth-order valence-corrected chi connectivity index (χ4v) is 7.64. The fraction of sp³-hybridized carbons (Fsp3) is 0.882. The van der Waals surface area contributed by atoms with Gasteiger partial charge in [-0.2, -0.15) is 0 Å². The van der Waals surface area contributed by atoms with E-state index in [-0.39, 0.29) is 24.9 Å². The Kier molecular flexibility index (Phi) is 44.1. The molecule has 1 amide bonds. The van der Waals surface area contributed by atoms with Crippen LogP contribution >= 0.6 is 0 Å². The van der Waals surface area contributed by atoms with Gasteiger partial charge in [-0.1, -0.05) is 206 Å². The molecule has 57 heavy (non-hydrogen) atoms. The highest BCUT2D eigenvalue weighted by molar-refractivity contribution is 5.77. The number of carbonyl (C=O) groups excluding carboxylic acids is 2. The minimum atomic E-state index is -0.789. The molecule has 0 rings (SSSR count). The lowest BCUT2D eigenvalue weighted by Gasteiger charge is -2.24. The van der Waals surface area contributed by atoms with Crippen LogP contribution in [0.1, 0.15) is 265 Å². The zero-order chi connectivity index (χ0) is 41.7. The highest BCUT2D eigenvalue weighted by Gasteiger charge is 2.24. The Bertz CT molecular complexity index is 904. The van der Waals surface area contributed by atoms with Crippen LogP contribution in [0.4, 0.5) is 0 Å². The predicted octanol–water partition coefficient (Wildman–Crippen LogP) is 14.7. The van der Waals surface area contributed by atoms with Crippen molar-refractivity contribution in [2.24, 2.45) is 0 Å². The molecule has 0 saturated heterocycles. The van der Waals surface area contributed by atoms with Crippen LogP contribution in [0.2, 0.25) is 0 Å². The number of carbonyl (C=O) groups is 2. The van der Waals surface area contributed by atoms with Crippen molar-refractivity contribution in [3.8, 4) is 0 Å². The van der Waals surface area contributed by atoms with Crippen molar-refractivity contribution >= 4 is 11.9 Å². The molecule has 0 aliphatic rings. The molecule has 0 bridgehead atoms. The number of aliphatic hydroxyl groups excluding tert-OH is 2. The van der Waals surface area contributed by atoms with Gasteiger partial charge >= 0.3 is 5.97 Å². The number of esters is 1. The maximum atomic E-state index is 13.1. The van der Waals surface area contributed by atoms with Gasteiger partial charge in [-0.05, 0) is 70.6 Å². The van der Waals surface area contributed by atoms with Crippen molar-refractivity contribution in [2.45, 2.75) is 283 Å². The molecule has 3 N–H and O–H groups in total. The molecule has 3 atom stereocenters. The molecule has 6 heteroatoms. The number of rotatable bonds is 45. The molecule has 0 fully saturated rings. The van der Waals surface area contributed by atoms with Gasteiger partial charge in [-0.15, -0.1) is 0 Å². The lowest BCUT2D eigenvalue weighted by Crippen LogP contribution is -2.46. The number of allylic oxidation sites excluding steroid dienone is 4.